The second-order valence-electron chi connectivity index (χ2n) is 6.95. The molecule has 0 spiro atoms. The van der Waals surface area contributed by atoms with Crippen molar-refractivity contribution in [3.63, 3.8) is 0 Å². The molecule has 0 aliphatic carbocycles. The van der Waals surface area contributed by atoms with Gasteiger partial charge in [-0.2, -0.15) is 0 Å². The van der Waals surface area contributed by atoms with Crippen LogP contribution in [0, 0.1) is 0 Å². The summed E-state index contributed by atoms with van der Waals surface area (Å²) in [5.41, 5.74) is 1.93. The first-order chi connectivity index (χ1) is 13.9. The number of piperidine rings is 1. The fourth-order valence-corrected chi connectivity index (χ4v) is 4.30. The molecule has 1 heterocycles. The number of hydrogen-bond acceptors (Lipinski definition) is 4. The molecule has 2 aromatic carbocycles. The normalized spacial score (nSPS) is 14.7. The maximum Gasteiger partial charge on any atom is 0.255 e. The highest BCUT2D eigenvalue weighted by atomic mass is 32.2. The van der Waals surface area contributed by atoms with E-state index in [2.05, 4.69) is 10.0 Å². The first-order valence-electron chi connectivity index (χ1n) is 9.67. The second-order valence-corrected chi connectivity index (χ2v) is 8.72. The Morgan fingerprint density at radius 3 is 2.55 bits per heavy atom. The van der Waals surface area contributed by atoms with Crippen LogP contribution >= 0.6 is 0 Å². The van der Waals surface area contributed by atoms with Crippen molar-refractivity contribution in [2.24, 2.45) is 0 Å². The lowest BCUT2D eigenvalue weighted by molar-refractivity contribution is -0.133. The molecule has 0 atom stereocenters. The Labute approximate surface area is 171 Å². The van der Waals surface area contributed by atoms with E-state index in [1.807, 2.05) is 23.1 Å². The van der Waals surface area contributed by atoms with E-state index in [0.717, 1.165) is 24.9 Å². The average Bonchev–Trinajstić information content (AvgIpc) is 2.70. The van der Waals surface area contributed by atoms with Crippen LogP contribution in [0.3, 0.4) is 0 Å². The third-order valence-electron chi connectivity index (χ3n) is 4.74. The van der Waals surface area contributed by atoms with Gasteiger partial charge < -0.3 is 10.2 Å². The van der Waals surface area contributed by atoms with Gasteiger partial charge >= 0.3 is 0 Å². The van der Waals surface area contributed by atoms with E-state index >= 15 is 0 Å². The van der Waals surface area contributed by atoms with Gasteiger partial charge in [0.25, 0.3) is 5.91 Å². The number of anilines is 1. The average molecular weight is 416 g/mol. The molecule has 0 bridgehead atoms. The van der Waals surface area contributed by atoms with Gasteiger partial charge in [-0.15, -0.1) is 0 Å². The zero-order chi connectivity index (χ0) is 20.9. The Morgan fingerprint density at radius 2 is 1.86 bits per heavy atom. The summed E-state index contributed by atoms with van der Waals surface area (Å²) >= 11 is 0. The Kier molecular flexibility index (Phi) is 6.66. The number of benzene rings is 2. The molecule has 2 amide bonds. The van der Waals surface area contributed by atoms with Crippen LogP contribution in [0.4, 0.5) is 5.69 Å². The molecule has 8 heteroatoms. The first kappa shape index (κ1) is 21.0. The molecule has 154 valence electrons. The lowest BCUT2D eigenvalue weighted by Crippen LogP contribution is -2.34. The number of nitrogens with zero attached hydrogens (tertiary/aromatic N) is 1. The summed E-state index contributed by atoms with van der Waals surface area (Å²) in [5.74, 6) is -0.165. The maximum atomic E-state index is 12.5. The third kappa shape index (κ3) is 5.42. The molecule has 0 aromatic heterocycles. The summed E-state index contributed by atoms with van der Waals surface area (Å²) in [6.07, 6.45) is 2.55. The fraction of sp³-hybridized carbons (Fsp3) is 0.333. The van der Waals surface area contributed by atoms with Gasteiger partial charge in [-0.1, -0.05) is 19.1 Å². The largest absolute Gasteiger partial charge is 0.338 e. The molecule has 29 heavy (non-hydrogen) atoms. The monoisotopic (exact) mass is 415 g/mol. The molecule has 2 N–H and O–H groups in total. The van der Waals surface area contributed by atoms with Gasteiger partial charge in [-0.25, -0.2) is 13.1 Å². The SMILES string of the molecule is CCNS(=O)(=O)c1ccc(C(=O)Nc2cccc(CN3CCCCC3=O)c2)cc1. The van der Waals surface area contributed by atoms with Gasteiger partial charge in [-0.3, -0.25) is 9.59 Å². The zero-order valence-corrected chi connectivity index (χ0v) is 17.2. The van der Waals surface area contributed by atoms with Gasteiger partial charge in [-0.05, 0) is 54.8 Å². The summed E-state index contributed by atoms with van der Waals surface area (Å²) in [6, 6.07) is 13.2. The molecule has 1 saturated heterocycles. The van der Waals surface area contributed by atoms with Crippen molar-refractivity contribution in [1.82, 2.24) is 9.62 Å². The number of carbonyl (C=O) groups excluding carboxylic acids is 2. The molecular formula is C21H25N3O4S. The third-order valence-corrected chi connectivity index (χ3v) is 6.30. The van der Waals surface area contributed by atoms with Gasteiger partial charge in [0, 0.05) is 37.3 Å². The standard InChI is InChI=1S/C21H25N3O4S/c1-2-22-29(27,28)19-11-9-17(10-12-19)21(26)23-18-7-5-6-16(14-18)15-24-13-4-3-8-20(24)25/h5-7,9-12,14,22H,2-4,8,13,15H2,1H3,(H,23,26). The molecule has 0 saturated carbocycles. The molecular weight excluding hydrogens is 390 g/mol. The van der Waals surface area contributed by atoms with Crippen molar-refractivity contribution in [3.05, 3.63) is 59.7 Å². The molecule has 1 aliphatic rings. The number of sulfonamides is 1. The molecule has 1 aliphatic heterocycles. The molecule has 7 nitrogen and oxygen atoms in total. The van der Waals surface area contributed by atoms with Crippen LogP contribution in [-0.2, 0) is 21.4 Å². The number of carbonyl (C=O) groups is 2. The Morgan fingerprint density at radius 1 is 1.10 bits per heavy atom. The van der Waals surface area contributed by atoms with Crippen LogP contribution in [0.25, 0.3) is 0 Å². The van der Waals surface area contributed by atoms with Gasteiger partial charge in [0.05, 0.1) is 4.90 Å². The van der Waals surface area contributed by atoms with E-state index in [4.69, 9.17) is 0 Å². The molecule has 0 unspecified atom stereocenters. The topological polar surface area (TPSA) is 95.6 Å². The van der Waals surface area contributed by atoms with Crippen LogP contribution in [-0.4, -0.2) is 38.2 Å². The predicted octanol–water partition coefficient (Wildman–Crippen LogP) is 2.75. The number of likely N-dealkylation sites (tertiary alicyclic amines) is 1. The van der Waals surface area contributed by atoms with Crippen molar-refractivity contribution < 1.29 is 18.0 Å². The minimum absolute atomic E-state index is 0.115. The van der Waals surface area contributed by atoms with Crippen molar-refractivity contribution in [2.45, 2.75) is 37.6 Å². The van der Waals surface area contributed by atoms with Crippen molar-refractivity contribution >= 4 is 27.5 Å². The van der Waals surface area contributed by atoms with E-state index in [1.54, 1.807) is 13.0 Å². The predicted molar refractivity (Wildman–Crippen MR) is 111 cm³/mol. The highest BCUT2D eigenvalue weighted by Crippen LogP contribution is 2.18. The van der Waals surface area contributed by atoms with Gasteiger partial charge in [0.15, 0.2) is 0 Å². The van der Waals surface area contributed by atoms with Crippen LogP contribution in [0.15, 0.2) is 53.4 Å². The summed E-state index contributed by atoms with van der Waals surface area (Å²) in [7, 11) is -3.55. The Bertz CT molecular complexity index is 987. The number of nitrogens with one attached hydrogen (secondary N) is 2. The number of rotatable bonds is 7. The van der Waals surface area contributed by atoms with E-state index < -0.39 is 10.0 Å². The summed E-state index contributed by atoms with van der Waals surface area (Å²) in [4.78, 5) is 26.5. The second kappa shape index (κ2) is 9.19. The minimum atomic E-state index is -3.55. The molecule has 1 fully saturated rings. The van der Waals surface area contributed by atoms with Gasteiger partial charge in [0.1, 0.15) is 0 Å². The highest BCUT2D eigenvalue weighted by molar-refractivity contribution is 7.89. The minimum Gasteiger partial charge on any atom is -0.338 e. The lowest BCUT2D eigenvalue weighted by Gasteiger charge is -2.26. The zero-order valence-electron chi connectivity index (χ0n) is 16.3. The summed E-state index contributed by atoms with van der Waals surface area (Å²) < 4.78 is 26.4. The van der Waals surface area contributed by atoms with E-state index in [1.165, 1.54) is 24.3 Å². The summed E-state index contributed by atoms with van der Waals surface area (Å²) in [5, 5.41) is 2.82. The quantitative estimate of drug-likeness (QED) is 0.727. The molecule has 2 aromatic rings. The van der Waals surface area contributed by atoms with Crippen LogP contribution in [0.2, 0.25) is 0 Å². The van der Waals surface area contributed by atoms with Crippen molar-refractivity contribution in [2.75, 3.05) is 18.4 Å². The number of amides is 2. The smallest absolute Gasteiger partial charge is 0.255 e. The van der Waals surface area contributed by atoms with E-state index in [-0.39, 0.29) is 16.7 Å². The summed E-state index contributed by atoms with van der Waals surface area (Å²) in [6.45, 7) is 3.29. The van der Waals surface area contributed by atoms with E-state index in [9.17, 15) is 18.0 Å². The lowest BCUT2D eigenvalue weighted by atomic mass is 10.1. The maximum absolute atomic E-state index is 12.5. The fourth-order valence-electron chi connectivity index (χ4n) is 3.26. The Balaban J connectivity index is 1.67. The van der Waals surface area contributed by atoms with Crippen LogP contribution < -0.4 is 10.0 Å². The van der Waals surface area contributed by atoms with Crippen molar-refractivity contribution in [1.29, 1.82) is 0 Å². The van der Waals surface area contributed by atoms with Gasteiger partial charge in [0.2, 0.25) is 15.9 Å². The van der Waals surface area contributed by atoms with Crippen molar-refractivity contribution in [3.8, 4) is 0 Å². The highest BCUT2D eigenvalue weighted by Gasteiger charge is 2.18. The molecule has 3 rings (SSSR count). The Hall–Kier alpha value is -2.71. The first-order valence-corrected chi connectivity index (χ1v) is 11.1. The molecule has 0 radical (unpaired) electrons. The van der Waals surface area contributed by atoms with E-state index in [0.29, 0.717) is 30.8 Å². The number of hydrogen-bond donors (Lipinski definition) is 2. The van der Waals surface area contributed by atoms with Crippen LogP contribution in [0.5, 0.6) is 0 Å². The van der Waals surface area contributed by atoms with Crippen LogP contribution in [0.1, 0.15) is 42.1 Å².